The third kappa shape index (κ3) is 5.31. The van der Waals surface area contributed by atoms with Crippen LogP contribution >= 0.6 is 0 Å². The predicted octanol–water partition coefficient (Wildman–Crippen LogP) is 2.22. The molecule has 20 heavy (non-hydrogen) atoms. The summed E-state index contributed by atoms with van der Waals surface area (Å²) in [7, 11) is 1.87. The van der Waals surface area contributed by atoms with Crippen LogP contribution in [0.15, 0.2) is 4.99 Å². The molecule has 1 saturated carbocycles. The standard InChI is InChI=1S/C16H32N4/c1-14-7-5-11-20(13-14)12-6-10-18-16(17-2)19-15-8-3-4-9-15/h14-15H,3-13H2,1-2H3,(H2,17,18,19). The minimum Gasteiger partial charge on any atom is -0.356 e. The Morgan fingerprint density at radius 2 is 2.00 bits per heavy atom. The number of rotatable bonds is 5. The molecule has 1 aliphatic heterocycles. The monoisotopic (exact) mass is 280 g/mol. The minimum atomic E-state index is 0.643. The Kier molecular flexibility index (Phi) is 6.64. The topological polar surface area (TPSA) is 39.7 Å². The molecule has 2 fully saturated rings. The average molecular weight is 280 g/mol. The van der Waals surface area contributed by atoms with Gasteiger partial charge in [0.15, 0.2) is 5.96 Å². The first-order valence-corrected chi connectivity index (χ1v) is 8.47. The van der Waals surface area contributed by atoms with E-state index in [2.05, 4.69) is 27.4 Å². The van der Waals surface area contributed by atoms with Crippen molar-refractivity contribution < 1.29 is 0 Å². The lowest BCUT2D eigenvalue weighted by atomic mass is 10.0. The maximum atomic E-state index is 4.33. The fourth-order valence-corrected chi connectivity index (χ4v) is 3.46. The van der Waals surface area contributed by atoms with Gasteiger partial charge in [-0.2, -0.15) is 0 Å². The molecule has 1 heterocycles. The molecule has 1 saturated heterocycles. The average Bonchev–Trinajstić information content (AvgIpc) is 2.95. The molecular weight excluding hydrogens is 248 g/mol. The summed E-state index contributed by atoms with van der Waals surface area (Å²) in [5.41, 5.74) is 0. The van der Waals surface area contributed by atoms with Crippen LogP contribution in [0.1, 0.15) is 51.9 Å². The maximum absolute atomic E-state index is 4.33. The zero-order valence-electron chi connectivity index (χ0n) is 13.3. The molecule has 2 aliphatic rings. The van der Waals surface area contributed by atoms with Crippen molar-refractivity contribution in [1.29, 1.82) is 0 Å². The highest BCUT2D eigenvalue weighted by Crippen LogP contribution is 2.17. The summed E-state index contributed by atoms with van der Waals surface area (Å²) >= 11 is 0. The van der Waals surface area contributed by atoms with E-state index in [1.165, 1.54) is 64.6 Å². The fraction of sp³-hybridized carbons (Fsp3) is 0.938. The van der Waals surface area contributed by atoms with Crippen molar-refractivity contribution in [3.63, 3.8) is 0 Å². The van der Waals surface area contributed by atoms with E-state index in [0.717, 1.165) is 18.4 Å². The van der Waals surface area contributed by atoms with Crippen molar-refractivity contribution in [2.24, 2.45) is 10.9 Å². The lowest BCUT2D eigenvalue weighted by Crippen LogP contribution is -2.43. The van der Waals surface area contributed by atoms with Crippen LogP contribution in [0.4, 0.5) is 0 Å². The summed E-state index contributed by atoms with van der Waals surface area (Å²) in [6, 6.07) is 0.643. The summed E-state index contributed by atoms with van der Waals surface area (Å²) in [5.74, 6) is 1.87. The molecule has 2 rings (SSSR count). The Labute approximate surface area is 124 Å². The molecule has 0 spiro atoms. The van der Waals surface area contributed by atoms with Crippen molar-refractivity contribution in [1.82, 2.24) is 15.5 Å². The molecule has 0 aromatic rings. The number of aliphatic imine (C=N–C) groups is 1. The van der Waals surface area contributed by atoms with Crippen LogP contribution in [0.3, 0.4) is 0 Å². The van der Waals surface area contributed by atoms with Crippen molar-refractivity contribution in [2.75, 3.05) is 33.2 Å². The van der Waals surface area contributed by atoms with Crippen LogP contribution < -0.4 is 10.6 Å². The van der Waals surface area contributed by atoms with E-state index in [4.69, 9.17) is 0 Å². The second-order valence-corrected chi connectivity index (χ2v) is 6.53. The van der Waals surface area contributed by atoms with Crippen LogP contribution in [-0.4, -0.2) is 50.1 Å². The van der Waals surface area contributed by atoms with Crippen LogP contribution in [0.5, 0.6) is 0 Å². The van der Waals surface area contributed by atoms with Crippen LogP contribution in [0.25, 0.3) is 0 Å². The first kappa shape index (κ1) is 15.6. The number of guanidine groups is 1. The SMILES string of the molecule is CN=C(NCCCN1CCCC(C)C1)NC1CCCC1. The lowest BCUT2D eigenvalue weighted by Gasteiger charge is -2.30. The molecule has 1 unspecified atom stereocenters. The predicted molar refractivity (Wildman–Crippen MR) is 86.2 cm³/mol. The maximum Gasteiger partial charge on any atom is 0.191 e. The van der Waals surface area contributed by atoms with Gasteiger partial charge in [-0.05, 0) is 51.1 Å². The van der Waals surface area contributed by atoms with E-state index in [1.54, 1.807) is 0 Å². The van der Waals surface area contributed by atoms with Gasteiger partial charge in [-0.15, -0.1) is 0 Å². The molecule has 0 aromatic carbocycles. The molecule has 4 heteroatoms. The second kappa shape index (κ2) is 8.50. The number of hydrogen-bond acceptors (Lipinski definition) is 2. The summed E-state index contributed by atoms with van der Waals surface area (Å²) in [6.45, 7) is 7.20. The fourth-order valence-electron chi connectivity index (χ4n) is 3.46. The number of nitrogens with zero attached hydrogens (tertiary/aromatic N) is 2. The van der Waals surface area contributed by atoms with Gasteiger partial charge in [0.25, 0.3) is 0 Å². The highest BCUT2D eigenvalue weighted by Gasteiger charge is 2.17. The van der Waals surface area contributed by atoms with Gasteiger partial charge < -0.3 is 15.5 Å². The van der Waals surface area contributed by atoms with Crippen LogP contribution in [-0.2, 0) is 0 Å². The van der Waals surface area contributed by atoms with E-state index in [1.807, 2.05) is 7.05 Å². The summed E-state index contributed by atoms with van der Waals surface area (Å²) < 4.78 is 0. The largest absolute Gasteiger partial charge is 0.356 e. The normalized spacial score (nSPS) is 25.9. The molecule has 0 aromatic heterocycles. The number of piperidine rings is 1. The third-order valence-corrected chi connectivity index (χ3v) is 4.60. The summed E-state index contributed by atoms with van der Waals surface area (Å²) in [6.07, 6.45) is 9.31. The Balaban J connectivity index is 1.56. The van der Waals surface area contributed by atoms with E-state index in [-0.39, 0.29) is 0 Å². The third-order valence-electron chi connectivity index (χ3n) is 4.60. The van der Waals surface area contributed by atoms with Crippen LogP contribution in [0, 0.1) is 5.92 Å². The van der Waals surface area contributed by atoms with Gasteiger partial charge in [0.05, 0.1) is 0 Å². The van der Waals surface area contributed by atoms with Crippen LogP contribution in [0.2, 0.25) is 0 Å². The smallest absolute Gasteiger partial charge is 0.191 e. The first-order chi connectivity index (χ1) is 9.78. The lowest BCUT2D eigenvalue weighted by molar-refractivity contribution is 0.182. The van der Waals surface area contributed by atoms with Gasteiger partial charge in [0, 0.05) is 26.2 Å². The molecule has 2 N–H and O–H groups in total. The Hall–Kier alpha value is -0.770. The quantitative estimate of drug-likeness (QED) is 0.461. The Morgan fingerprint density at radius 1 is 1.20 bits per heavy atom. The second-order valence-electron chi connectivity index (χ2n) is 6.53. The molecule has 0 bridgehead atoms. The van der Waals surface area contributed by atoms with Gasteiger partial charge in [-0.3, -0.25) is 4.99 Å². The Bertz CT molecular complexity index is 297. The van der Waals surface area contributed by atoms with Crippen molar-refractivity contribution in [2.45, 2.75) is 57.9 Å². The summed E-state index contributed by atoms with van der Waals surface area (Å²) in [4.78, 5) is 6.94. The van der Waals surface area contributed by atoms with Gasteiger partial charge >= 0.3 is 0 Å². The van der Waals surface area contributed by atoms with E-state index in [0.29, 0.717) is 6.04 Å². The molecular formula is C16H32N4. The number of nitrogens with one attached hydrogen (secondary N) is 2. The van der Waals surface area contributed by atoms with E-state index in [9.17, 15) is 0 Å². The first-order valence-electron chi connectivity index (χ1n) is 8.47. The van der Waals surface area contributed by atoms with Crippen molar-refractivity contribution in [3.8, 4) is 0 Å². The zero-order valence-corrected chi connectivity index (χ0v) is 13.3. The molecule has 4 nitrogen and oxygen atoms in total. The molecule has 0 amide bonds. The highest BCUT2D eigenvalue weighted by atomic mass is 15.2. The molecule has 116 valence electrons. The highest BCUT2D eigenvalue weighted by molar-refractivity contribution is 5.79. The van der Waals surface area contributed by atoms with Gasteiger partial charge in [-0.1, -0.05) is 19.8 Å². The van der Waals surface area contributed by atoms with E-state index >= 15 is 0 Å². The van der Waals surface area contributed by atoms with Gasteiger partial charge in [0.2, 0.25) is 0 Å². The van der Waals surface area contributed by atoms with E-state index < -0.39 is 0 Å². The number of likely N-dealkylation sites (tertiary alicyclic amines) is 1. The van der Waals surface area contributed by atoms with Crippen molar-refractivity contribution in [3.05, 3.63) is 0 Å². The zero-order chi connectivity index (χ0) is 14.2. The summed E-state index contributed by atoms with van der Waals surface area (Å²) in [5, 5.41) is 7.00. The number of hydrogen-bond donors (Lipinski definition) is 2. The Morgan fingerprint density at radius 3 is 2.70 bits per heavy atom. The minimum absolute atomic E-state index is 0.643. The van der Waals surface area contributed by atoms with Crippen molar-refractivity contribution >= 4 is 5.96 Å². The van der Waals surface area contributed by atoms with Gasteiger partial charge in [-0.25, -0.2) is 0 Å². The molecule has 1 atom stereocenters. The molecule has 0 radical (unpaired) electrons. The molecule has 1 aliphatic carbocycles. The van der Waals surface area contributed by atoms with Gasteiger partial charge in [0.1, 0.15) is 0 Å².